The molecule has 128 valence electrons. The maximum atomic E-state index is 5.16. The molecule has 0 bridgehead atoms. The lowest BCUT2D eigenvalue weighted by Crippen LogP contribution is -2.26. The van der Waals surface area contributed by atoms with Crippen molar-refractivity contribution in [3.63, 3.8) is 0 Å². The molecular weight excluding hydrogens is 310 g/mol. The van der Waals surface area contributed by atoms with E-state index >= 15 is 0 Å². The van der Waals surface area contributed by atoms with Crippen LogP contribution in [0, 0.1) is 0 Å². The van der Waals surface area contributed by atoms with Gasteiger partial charge in [-0.3, -0.25) is 0 Å². The van der Waals surface area contributed by atoms with E-state index in [0.717, 1.165) is 23.7 Å². The number of para-hydroxylation sites is 1. The molecule has 0 saturated carbocycles. The van der Waals surface area contributed by atoms with Gasteiger partial charge in [-0.05, 0) is 35.9 Å². The summed E-state index contributed by atoms with van der Waals surface area (Å²) in [5, 5.41) is 8.65. The van der Waals surface area contributed by atoms with Crippen LogP contribution in [0.15, 0.2) is 83.3 Å². The number of methoxy groups -OCH3 is 1. The second kappa shape index (κ2) is 6.93. The smallest absolute Gasteiger partial charge is 0.119 e. The standard InChI is InChI=1S/C21H23N3O/c1-5-14-24-19-9-7-6-8-18(19)21(2,3)20(24)15-22-23-16-10-12-17(25-4)13-11-16/h5-13,15H,1,14H2,2-4H3/b20-15+,23-22+. The van der Waals surface area contributed by atoms with Crippen LogP contribution in [0.4, 0.5) is 11.4 Å². The summed E-state index contributed by atoms with van der Waals surface area (Å²) in [6.45, 7) is 9.05. The quantitative estimate of drug-likeness (QED) is 0.527. The first-order chi connectivity index (χ1) is 12.1. The van der Waals surface area contributed by atoms with Gasteiger partial charge in [0.15, 0.2) is 0 Å². The molecular formula is C21H23N3O. The van der Waals surface area contributed by atoms with E-state index in [1.165, 1.54) is 11.3 Å². The zero-order chi connectivity index (χ0) is 17.9. The van der Waals surface area contributed by atoms with Gasteiger partial charge >= 0.3 is 0 Å². The van der Waals surface area contributed by atoms with Gasteiger partial charge in [-0.25, -0.2) is 0 Å². The maximum Gasteiger partial charge on any atom is 0.119 e. The predicted molar refractivity (Wildman–Crippen MR) is 103 cm³/mol. The molecule has 3 rings (SSSR count). The van der Waals surface area contributed by atoms with Crippen molar-refractivity contribution in [1.29, 1.82) is 0 Å². The van der Waals surface area contributed by atoms with Crippen LogP contribution in [0.1, 0.15) is 19.4 Å². The molecule has 25 heavy (non-hydrogen) atoms. The van der Waals surface area contributed by atoms with Crippen molar-refractivity contribution in [3.8, 4) is 5.75 Å². The molecule has 2 aromatic carbocycles. The minimum absolute atomic E-state index is 0.126. The average molecular weight is 333 g/mol. The molecule has 4 heteroatoms. The Morgan fingerprint density at radius 3 is 2.52 bits per heavy atom. The van der Waals surface area contributed by atoms with E-state index < -0.39 is 0 Å². The predicted octanol–water partition coefficient (Wildman–Crippen LogP) is 5.60. The van der Waals surface area contributed by atoms with Crippen LogP contribution in [-0.2, 0) is 5.41 Å². The van der Waals surface area contributed by atoms with Gasteiger partial charge in [0.25, 0.3) is 0 Å². The lowest BCUT2D eigenvalue weighted by molar-refractivity contribution is 0.415. The van der Waals surface area contributed by atoms with Crippen LogP contribution in [0.2, 0.25) is 0 Å². The molecule has 0 atom stereocenters. The third-order valence-electron chi connectivity index (χ3n) is 4.54. The Kier molecular flexibility index (Phi) is 4.70. The lowest BCUT2D eigenvalue weighted by Gasteiger charge is -2.25. The van der Waals surface area contributed by atoms with Crippen LogP contribution in [0.3, 0.4) is 0 Å². The third-order valence-corrected chi connectivity index (χ3v) is 4.54. The third kappa shape index (κ3) is 3.20. The number of rotatable bonds is 5. The van der Waals surface area contributed by atoms with Gasteiger partial charge in [-0.15, -0.1) is 6.58 Å². The highest BCUT2D eigenvalue weighted by molar-refractivity contribution is 5.70. The largest absolute Gasteiger partial charge is 0.497 e. The number of fused-ring (bicyclic) bond motifs is 1. The van der Waals surface area contributed by atoms with Crippen molar-refractivity contribution in [2.24, 2.45) is 10.2 Å². The Bertz CT molecular complexity index is 819. The second-order valence-corrected chi connectivity index (χ2v) is 6.47. The Morgan fingerprint density at radius 2 is 1.84 bits per heavy atom. The highest BCUT2D eigenvalue weighted by atomic mass is 16.5. The number of azo groups is 1. The van der Waals surface area contributed by atoms with E-state index in [9.17, 15) is 0 Å². The monoisotopic (exact) mass is 333 g/mol. The van der Waals surface area contributed by atoms with E-state index in [1.807, 2.05) is 36.5 Å². The summed E-state index contributed by atoms with van der Waals surface area (Å²) in [5.41, 5.74) is 4.28. The first-order valence-electron chi connectivity index (χ1n) is 8.31. The fourth-order valence-corrected chi connectivity index (χ4v) is 3.20. The molecule has 0 fully saturated rings. The van der Waals surface area contributed by atoms with Crippen LogP contribution >= 0.6 is 0 Å². The van der Waals surface area contributed by atoms with E-state index in [4.69, 9.17) is 4.74 Å². The molecule has 0 radical (unpaired) electrons. The molecule has 1 heterocycles. The summed E-state index contributed by atoms with van der Waals surface area (Å²) in [5.74, 6) is 0.807. The minimum atomic E-state index is -0.126. The molecule has 4 nitrogen and oxygen atoms in total. The summed E-state index contributed by atoms with van der Waals surface area (Å²) in [6.07, 6.45) is 3.76. The molecule has 1 aliphatic rings. The van der Waals surface area contributed by atoms with Gasteiger partial charge in [-0.2, -0.15) is 10.2 Å². The Hall–Kier alpha value is -2.88. The number of ether oxygens (including phenoxy) is 1. The van der Waals surface area contributed by atoms with Crippen molar-refractivity contribution in [2.75, 3.05) is 18.6 Å². The number of anilines is 1. The first kappa shape index (κ1) is 17.0. The second-order valence-electron chi connectivity index (χ2n) is 6.47. The molecule has 0 N–H and O–H groups in total. The van der Waals surface area contributed by atoms with E-state index in [1.54, 1.807) is 7.11 Å². The number of allylic oxidation sites excluding steroid dienone is 1. The minimum Gasteiger partial charge on any atom is -0.497 e. The molecule has 0 saturated heterocycles. The van der Waals surface area contributed by atoms with Gasteiger partial charge in [0.2, 0.25) is 0 Å². The Labute approximate surface area is 149 Å². The topological polar surface area (TPSA) is 37.2 Å². The Balaban J connectivity index is 1.92. The zero-order valence-corrected chi connectivity index (χ0v) is 14.9. The SMILES string of the molecule is C=CCN1/C(=C/N=N/c2ccc(OC)cc2)C(C)(C)c2ccccc21. The molecule has 2 aromatic rings. The number of benzene rings is 2. The highest BCUT2D eigenvalue weighted by Gasteiger charge is 2.39. The van der Waals surface area contributed by atoms with E-state index in [2.05, 4.69) is 59.8 Å². The van der Waals surface area contributed by atoms with Crippen LogP contribution in [0.5, 0.6) is 5.75 Å². The summed E-state index contributed by atoms with van der Waals surface area (Å²) < 4.78 is 5.16. The maximum absolute atomic E-state index is 5.16. The molecule has 0 amide bonds. The highest BCUT2D eigenvalue weighted by Crippen LogP contribution is 2.47. The fraction of sp³-hybridized carbons (Fsp3) is 0.238. The number of hydrogen-bond acceptors (Lipinski definition) is 4. The molecule has 0 aromatic heterocycles. The zero-order valence-electron chi connectivity index (χ0n) is 14.9. The summed E-state index contributed by atoms with van der Waals surface area (Å²) in [6, 6.07) is 16.0. The molecule has 0 spiro atoms. The van der Waals surface area contributed by atoms with Gasteiger partial charge < -0.3 is 9.64 Å². The van der Waals surface area contributed by atoms with E-state index in [0.29, 0.717) is 0 Å². The number of hydrogen-bond donors (Lipinski definition) is 0. The van der Waals surface area contributed by atoms with Gasteiger partial charge in [0.1, 0.15) is 5.75 Å². The lowest BCUT2D eigenvalue weighted by atomic mass is 9.84. The summed E-state index contributed by atoms with van der Waals surface area (Å²) in [7, 11) is 1.65. The molecule has 0 aliphatic carbocycles. The Morgan fingerprint density at radius 1 is 1.12 bits per heavy atom. The van der Waals surface area contributed by atoms with Crippen molar-refractivity contribution in [3.05, 3.63) is 78.6 Å². The molecule has 1 aliphatic heterocycles. The van der Waals surface area contributed by atoms with Crippen molar-refractivity contribution < 1.29 is 4.74 Å². The van der Waals surface area contributed by atoms with Crippen LogP contribution < -0.4 is 9.64 Å². The van der Waals surface area contributed by atoms with Gasteiger partial charge in [-0.1, -0.05) is 38.1 Å². The van der Waals surface area contributed by atoms with Crippen molar-refractivity contribution >= 4 is 11.4 Å². The first-order valence-corrected chi connectivity index (χ1v) is 8.31. The van der Waals surface area contributed by atoms with Crippen molar-refractivity contribution in [2.45, 2.75) is 19.3 Å². The van der Waals surface area contributed by atoms with Crippen molar-refractivity contribution in [1.82, 2.24) is 0 Å². The molecule has 0 unspecified atom stereocenters. The van der Waals surface area contributed by atoms with Gasteiger partial charge in [0.05, 0.1) is 19.0 Å². The number of nitrogens with zero attached hydrogens (tertiary/aromatic N) is 3. The summed E-state index contributed by atoms with van der Waals surface area (Å²) in [4.78, 5) is 2.25. The fourth-order valence-electron chi connectivity index (χ4n) is 3.20. The van der Waals surface area contributed by atoms with Gasteiger partial charge in [0, 0.05) is 23.3 Å². The summed E-state index contributed by atoms with van der Waals surface area (Å²) >= 11 is 0. The average Bonchev–Trinajstić information content (AvgIpc) is 2.84. The van der Waals surface area contributed by atoms with Crippen LogP contribution in [0.25, 0.3) is 0 Å². The van der Waals surface area contributed by atoms with Crippen LogP contribution in [-0.4, -0.2) is 13.7 Å². The van der Waals surface area contributed by atoms with E-state index in [-0.39, 0.29) is 5.41 Å². The normalized spacial score (nSPS) is 17.1.